The lowest BCUT2D eigenvalue weighted by Gasteiger charge is -2.34. The number of rotatable bonds is 9. The zero-order chi connectivity index (χ0) is 27.9. The summed E-state index contributed by atoms with van der Waals surface area (Å²) in [5.41, 5.74) is 2.29. The number of ether oxygens (including phenoxy) is 1. The predicted molar refractivity (Wildman–Crippen MR) is 146 cm³/mol. The lowest BCUT2D eigenvalue weighted by Crippen LogP contribution is -2.44. The maximum absolute atomic E-state index is 13.7. The van der Waals surface area contributed by atoms with Gasteiger partial charge in [-0.25, -0.2) is 4.98 Å². The molecule has 2 aromatic rings. The van der Waals surface area contributed by atoms with Crippen LogP contribution < -0.4 is 15.5 Å². The number of piperazine rings is 1. The molecule has 1 saturated carbocycles. The molecule has 1 aromatic heterocycles. The van der Waals surface area contributed by atoms with Gasteiger partial charge in [0.05, 0.1) is 19.6 Å². The number of carbonyl (C=O) groups excluding carboxylic acids is 1. The number of fused-ring (bicyclic) bond motifs is 2. The van der Waals surface area contributed by atoms with Gasteiger partial charge < -0.3 is 25.2 Å². The van der Waals surface area contributed by atoms with Crippen LogP contribution in [0.2, 0.25) is 0 Å². The third-order valence-electron chi connectivity index (χ3n) is 8.45. The topological polar surface area (TPSA) is 85.9 Å². The number of nitrogens with zero attached hydrogens (tertiary/aromatic N) is 5. The average Bonchev–Trinajstić information content (AvgIpc) is 3.64. The zero-order valence-electron chi connectivity index (χ0n) is 22.7. The van der Waals surface area contributed by atoms with Crippen LogP contribution in [0.1, 0.15) is 49.1 Å². The summed E-state index contributed by atoms with van der Waals surface area (Å²) >= 11 is 0. The number of anilines is 4. The minimum atomic E-state index is -4.59. The van der Waals surface area contributed by atoms with Crippen LogP contribution in [-0.4, -0.2) is 90.7 Å². The first kappa shape index (κ1) is 27.1. The second-order valence-corrected chi connectivity index (χ2v) is 11.3. The molecule has 1 amide bonds. The van der Waals surface area contributed by atoms with E-state index in [9.17, 15) is 18.0 Å². The molecule has 0 unspecified atom stereocenters. The smallest absolute Gasteiger partial charge is 0.379 e. The average molecular weight is 560 g/mol. The van der Waals surface area contributed by atoms with Crippen molar-refractivity contribution in [2.24, 2.45) is 0 Å². The Morgan fingerprint density at radius 1 is 1.15 bits per heavy atom. The number of halogens is 3. The Kier molecular flexibility index (Phi) is 7.47. The molecular formula is C28H36F3N7O2. The van der Waals surface area contributed by atoms with Crippen LogP contribution in [0.25, 0.3) is 0 Å². The predicted octanol–water partition coefficient (Wildman–Crippen LogP) is 4.06. The van der Waals surface area contributed by atoms with Crippen LogP contribution in [0, 0.1) is 0 Å². The first-order valence-corrected chi connectivity index (χ1v) is 14.2. The first-order chi connectivity index (χ1) is 19.3. The highest BCUT2D eigenvalue weighted by atomic mass is 19.4. The number of carbonyl (C=O) groups is 1. The van der Waals surface area contributed by atoms with Gasteiger partial charge in [0, 0.05) is 62.4 Å². The monoisotopic (exact) mass is 559 g/mol. The number of aromatic nitrogens is 2. The highest BCUT2D eigenvalue weighted by Gasteiger charge is 2.42. The van der Waals surface area contributed by atoms with E-state index in [-0.39, 0.29) is 24.2 Å². The number of benzene rings is 1. The summed E-state index contributed by atoms with van der Waals surface area (Å²) < 4.78 is 46.6. The molecule has 6 rings (SSSR count). The van der Waals surface area contributed by atoms with Gasteiger partial charge in [-0.2, -0.15) is 18.2 Å². The van der Waals surface area contributed by atoms with E-state index in [1.54, 1.807) is 4.90 Å². The summed E-state index contributed by atoms with van der Waals surface area (Å²) in [5, 5.41) is 6.04. The van der Waals surface area contributed by atoms with Gasteiger partial charge in [0.25, 0.3) is 0 Å². The van der Waals surface area contributed by atoms with Crippen molar-refractivity contribution in [1.29, 1.82) is 0 Å². The Balaban J connectivity index is 1.15. The van der Waals surface area contributed by atoms with Crippen LogP contribution in [-0.2, 0) is 15.7 Å². The Labute approximate surface area is 232 Å². The summed E-state index contributed by atoms with van der Waals surface area (Å²) in [7, 11) is 2.18. The van der Waals surface area contributed by atoms with Gasteiger partial charge in [0.2, 0.25) is 11.9 Å². The van der Waals surface area contributed by atoms with Gasteiger partial charge in [-0.05, 0) is 62.4 Å². The maximum atomic E-state index is 13.7. The van der Waals surface area contributed by atoms with Gasteiger partial charge in [0.15, 0.2) is 0 Å². The van der Waals surface area contributed by atoms with E-state index >= 15 is 0 Å². The minimum absolute atomic E-state index is 0.00376. The minimum Gasteiger partial charge on any atom is -0.379 e. The standard InChI is InChI=1S/C28H36F3N7O2/c1-36-16-21-13-20(36)17-38(21)19-5-6-24(22(14-19)18-3-4-18)34-27-33-15-23(28(29,30)31)26(35-27)32-8-2-9-37-10-12-40-11-7-25(37)39/h5-6,14-15,18,20-21H,2-4,7-13,16-17H2,1H3,(H2,32,33,34,35)/t20-,21-/m0/s1. The molecule has 9 nitrogen and oxygen atoms in total. The van der Waals surface area contributed by atoms with Gasteiger partial charge in [-0.3, -0.25) is 9.69 Å². The SMILES string of the molecule is CN1C[C@@H]2C[C@H]1CN2c1ccc(Nc2ncc(C(F)(F)F)c(NCCCN3CCOCCC3=O)n2)c(C2CC2)c1. The molecule has 3 saturated heterocycles. The number of likely N-dealkylation sites (N-methyl/N-ethyl adjacent to an activating group) is 1. The lowest BCUT2D eigenvalue weighted by molar-refractivity contribution is -0.137. The van der Waals surface area contributed by atoms with Crippen molar-refractivity contribution in [3.8, 4) is 0 Å². The molecule has 2 N–H and O–H groups in total. The molecule has 216 valence electrons. The molecular weight excluding hydrogens is 523 g/mol. The van der Waals surface area contributed by atoms with E-state index in [4.69, 9.17) is 4.74 Å². The van der Waals surface area contributed by atoms with Gasteiger partial charge >= 0.3 is 6.18 Å². The van der Waals surface area contributed by atoms with Crippen molar-refractivity contribution in [2.75, 3.05) is 68.5 Å². The van der Waals surface area contributed by atoms with E-state index in [2.05, 4.69) is 49.6 Å². The van der Waals surface area contributed by atoms with Crippen molar-refractivity contribution in [2.45, 2.75) is 56.3 Å². The van der Waals surface area contributed by atoms with Crippen LogP contribution in [0.5, 0.6) is 0 Å². The fraction of sp³-hybridized carbons (Fsp3) is 0.607. The maximum Gasteiger partial charge on any atom is 0.421 e. The third kappa shape index (κ3) is 5.83. The molecule has 1 aliphatic carbocycles. The van der Waals surface area contributed by atoms with E-state index < -0.39 is 11.7 Å². The molecule has 4 heterocycles. The van der Waals surface area contributed by atoms with E-state index in [0.29, 0.717) is 57.1 Å². The molecule has 1 aromatic carbocycles. The molecule has 4 aliphatic rings. The third-order valence-corrected chi connectivity index (χ3v) is 8.45. The molecule has 0 spiro atoms. The Hall–Kier alpha value is -3.12. The molecule has 2 atom stereocenters. The number of amides is 1. The summed E-state index contributed by atoms with van der Waals surface area (Å²) in [4.78, 5) is 27.0. The summed E-state index contributed by atoms with van der Waals surface area (Å²) in [6.07, 6.45) is 0.425. The number of nitrogens with one attached hydrogen (secondary N) is 2. The van der Waals surface area contributed by atoms with E-state index in [1.165, 1.54) is 12.1 Å². The molecule has 12 heteroatoms. The fourth-order valence-corrected chi connectivity index (χ4v) is 6.09. The van der Waals surface area contributed by atoms with Crippen molar-refractivity contribution < 1.29 is 22.7 Å². The van der Waals surface area contributed by atoms with Crippen molar-refractivity contribution >= 4 is 29.0 Å². The van der Waals surface area contributed by atoms with Crippen LogP contribution in [0.15, 0.2) is 24.4 Å². The first-order valence-electron chi connectivity index (χ1n) is 14.2. The van der Waals surface area contributed by atoms with E-state index in [1.807, 2.05) is 6.07 Å². The Morgan fingerprint density at radius 3 is 2.73 bits per heavy atom. The zero-order valence-corrected chi connectivity index (χ0v) is 22.7. The molecule has 40 heavy (non-hydrogen) atoms. The highest BCUT2D eigenvalue weighted by Crippen LogP contribution is 2.46. The number of alkyl halides is 3. The molecule has 4 fully saturated rings. The largest absolute Gasteiger partial charge is 0.421 e. The van der Waals surface area contributed by atoms with Crippen molar-refractivity contribution in [3.63, 3.8) is 0 Å². The number of hydrogen-bond donors (Lipinski definition) is 2. The lowest BCUT2D eigenvalue weighted by atomic mass is 10.1. The summed E-state index contributed by atoms with van der Waals surface area (Å²) in [6.45, 7) is 4.14. The Bertz CT molecular complexity index is 1240. The van der Waals surface area contributed by atoms with Crippen molar-refractivity contribution in [3.05, 3.63) is 35.5 Å². The van der Waals surface area contributed by atoms with Crippen LogP contribution in [0.3, 0.4) is 0 Å². The summed E-state index contributed by atoms with van der Waals surface area (Å²) in [5.74, 6) is 0.289. The molecule has 2 bridgehead atoms. The van der Waals surface area contributed by atoms with Crippen LogP contribution in [0.4, 0.5) is 36.3 Å². The Morgan fingerprint density at radius 2 is 2.00 bits per heavy atom. The second-order valence-electron chi connectivity index (χ2n) is 11.3. The van der Waals surface area contributed by atoms with Gasteiger partial charge in [-0.1, -0.05) is 0 Å². The van der Waals surface area contributed by atoms with Crippen molar-refractivity contribution in [1.82, 2.24) is 19.8 Å². The number of hydrogen-bond acceptors (Lipinski definition) is 8. The normalized spacial score (nSPS) is 23.6. The summed E-state index contributed by atoms with van der Waals surface area (Å²) in [6, 6.07) is 7.46. The quantitative estimate of drug-likeness (QED) is 0.445. The fourth-order valence-electron chi connectivity index (χ4n) is 6.09. The highest BCUT2D eigenvalue weighted by molar-refractivity contribution is 5.76. The van der Waals surface area contributed by atoms with Gasteiger partial charge in [0.1, 0.15) is 11.4 Å². The van der Waals surface area contributed by atoms with Crippen LogP contribution >= 0.6 is 0 Å². The molecule has 3 aliphatic heterocycles. The van der Waals surface area contributed by atoms with Gasteiger partial charge in [-0.15, -0.1) is 0 Å². The molecule has 0 radical (unpaired) electrons. The number of likely N-dealkylation sites (tertiary alicyclic amines) is 1. The second kappa shape index (κ2) is 11.0. The van der Waals surface area contributed by atoms with E-state index in [0.717, 1.165) is 43.4 Å².